The summed E-state index contributed by atoms with van der Waals surface area (Å²) in [5.41, 5.74) is -0.152. The summed E-state index contributed by atoms with van der Waals surface area (Å²) in [6.45, 7) is 5.14. The number of rotatable bonds is 22. The Balaban J connectivity index is 1.29. The normalized spacial score (nSPS) is 12.4. The van der Waals surface area contributed by atoms with Crippen LogP contribution in [-0.2, 0) is 28.7 Å². The van der Waals surface area contributed by atoms with Gasteiger partial charge >= 0.3 is 23.9 Å². The van der Waals surface area contributed by atoms with Crippen LogP contribution in [0.3, 0.4) is 0 Å². The topological polar surface area (TPSA) is 155 Å². The fourth-order valence-electron chi connectivity index (χ4n) is 4.48. The van der Waals surface area contributed by atoms with Crippen molar-refractivity contribution in [1.29, 1.82) is 0 Å². The number of hydrogen-bond donors (Lipinski definition) is 2. The van der Waals surface area contributed by atoms with Crippen molar-refractivity contribution in [2.24, 2.45) is 5.92 Å². The van der Waals surface area contributed by atoms with E-state index in [1.165, 1.54) is 30.4 Å². The van der Waals surface area contributed by atoms with Gasteiger partial charge in [0.25, 0.3) is 0 Å². The van der Waals surface area contributed by atoms with Crippen molar-refractivity contribution in [2.75, 3.05) is 24.7 Å². The molecule has 0 heterocycles. The summed E-state index contributed by atoms with van der Waals surface area (Å²) in [6, 6.07) is 33.0. The highest BCUT2D eigenvalue weighted by molar-refractivity contribution is 7.99. The van der Waals surface area contributed by atoms with E-state index in [0.29, 0.717) is 34.5 Å². The summed E-state index contributed by atoms with van der Waals surface area (Å²) < 4.78 is 29.0. The van der Waals surface area contributed by atoms with Crippen LogP contribution in [-0.4, -0.2) is 71.0 Å². The van der Waals surface area contributed by atoms with E-state index in [1.807, 2.05) is 60.7 Å². The first-order valence-corrected chi connectivity index (χ1v) is 18.5. The maximum Gasteiger partial charge on any atom is 0.334 e. The Bertz CT molecular complexity index is 1780. The van der Waals surface area contributed by atoms with E-state index < -0.39 is 48.4 Å². The van der Waals surface area contributed by atoms with Crippen LogP contribution in [0.15, 0.2) is 131 Å². The number of carbonyl (C=O) groups is 4. The van der Waals surface area contributed by atoms with Crippen molar-refractivity contribution in [3.05, 3.63) is 121 Å². The molecular weight excluding hydrogens is 721 g/mol. The molecular formula is C40H40O11S2. The van der Waals surface area contributed by atoms with Crippen LogP contribution in [0.4, 0.5) is 0 Å². The molecule has 3 atom stereocenters. The Morgan fingerprint density at radius 3 is 1.49 bits per heavy atom. The van der Waals surface area contributed by atoms with Crippen LogP contribution in [0.2, 0.25) is 0 Å². The van der Waals surface area contributed by atoms with Gasteiger partial charge in [-0.25, -0.2) is 4.79 Å². The molecule has 53 heavy (non-hydrogen) atoms. The summed E-state index contributed by atoms with van der Waals surface area (Å²) in [7, 11) is 0. The average Bonchev–Trinajstić information content (AvgIpc) is 3.15. The van der Waals surface area contributed by atoms with Gasteiger partial charge < -0.3 is 33.9 Å². The Kier molecular flexibility index (Phi) is 16.2. The number of carboxylic acids is 2. The highest BCUT2D eigenvalue weighted by atomic mass is 32.2. The maximum atomic E-state index is 12.6. The minimum atomic E-state index is -1.17. The monoisotopic (exact) mass is 760 g/mol. The van der Waals surface area contributed by atoms with Crippen molar-refractivity contribution in [3.8, 4) is 23.0 Å². The standard InChI is InChI=1S/C40H40O11S2/c1-27(21-37(41)42)39(45)50-33(25-52-35-9-5-3-6-10-35)23-47-29-13-17-31(18-14-29)49-32-19-15-30(16-20-32)48-24-34(26-53-36-11-7-4-8-12-36)51-40(46)28(2)22-38(43)44/h3-20,28,33-34H,1,21-26H2,2H3,(H,41,42)(H,43,44). The van der Waals surface area contributed by atoms with E-state index in [0.717, 1.165) is 9.79 Å². The first-order chi connectivity index (χ1) is 25.5. The van der Waals surface area contributed by atoms with Crippen LogP contribution in [0.5, 0.6) is 23.0 Å². The van der Waals surface area contributed by atoms with Crippen LogP contribution in [0.25, 0.3) is 0 Å². The molecule has 2 N–H and O–H groups in total. The molecule has 0 aliphatic rings. The highest BCUT2D eigenvalue weighted by Crippen LogP contribution is 2.27. The summed E-state index contributed by atoms with van der Waals surface area (Å²) in [5.74, 6) is -1.52. The lowest BCUT2D eigenvalue weighted by atomic mass is 10.1. The third kappa shape index (κ3) is 15.0. The number of thioether (sulfide) groups is 2. The van der Waals surface area contributed by atoms with Crippen LogP contribution < -0.4 is 14.2 Å². The molecule has 4 rings (SSSR count). The first kappa shape index (κ1) is 40.4. The second-order valence-corrected chi connectivity index (χ2v) is 13.9. The van der Waals surface area contributed by atoms with Crippen molar-refractivity contribution < 1.29 is 53.1 Å². The molecule has 278 valence electrons. The fourth-order valence-corrected chi connectivity index (χ4v) is 6.27. The molecule has 0 fully saturated rings. The summed E-state index contributed by atoms with van der Waals surface area (Å²) in [4.78, 5) is 49.1. The minimum absolute atomic E-state index is 0.0277. The van der Waals surface area contributed by atoms with E-state index in [4.69, 9.17) is 33.9 Å². The van der Waals surface area contributed by atoms with Crippen molar-refractivity contribution in [1.82, 2.24) is 0 Å². The zero-order valence-electron chi connectivity index (χ0n) is 29.0. The number of ether oxygens (including phenoxy) is 5. The molecule has 0 aliphatic heterocycles. The third-order valence-electron chi connectivity index (χ3n) is 7.21. The lowest BCUT2D eigenvalue weighted by Gasteiger charge is -2.20. The molecule has 0 aliphatic carbocycles. The molecule has 0 saturated carbocycles. The van der Waals surface area contributed by atoms with Gasteiger partial charge in [-0.1, -0.05) is 49.9 Å². The van der Waals surface area contributed by atoms with Gasteiger partial charge in [-0.2, -0.15) is 0 Å². The summed E-state index contributed by atoms with van der Waals surface area (Å²) in [6.07, 6.45) is -2.14. The average molecular weight is 761 g/mol. The van der Waals surface area contributed by atoms with E-state index in [-0.39, 0.29) is 25.2 Å². The van der Waals surface area contributed by atoms with Gasteiger partial charge in [-0.15, -0.1) is 23.5 Å². The van der Waals surface area contributed by atoms with E-state index in [9.17, 15) is 19.2 Å². The van der Waals surface area contributed by atoms with Crippen LogP contribution in [0, 0.1) is 5.92 Å². The largest absolute Gasteiger partial charge is 0.490 e. The summed E-state index contributed by atoms with van der Waals surface area (Å²) in [5, 5.41) is 18.1. The molecule has 0 spiro atoms. The third-order valence-corrected chi connectivity index (χ3v) is 9.49. The molecule has 0 aromatic heterocycles. The predicted octanol–water partition coefficient (Wildman–Crippen LogP) is 7.79. The Hall–Kier alpha value is -5.40. The van der Waals surface area contributed by atoms with Crippen molar-refractivity contribution in [3.63, 3.8) is 0 Å². The molecule has 0 saturated heterocycles. The van der Waals surface area contributed by atoms with E-state index in [2.05, 4.69) is 6.58 Å². The van der Waals surface area contributed by atoms with Gasteiger partial charge in [0, 0.05) is 26.9 Å². The van der Waals surface area contributed by atoms with Gasteiger partial charge in [-0.3, -0.25) is 14.4 Å². The van der Waals surface area contributed by atoms with Crippen molar-refractivity contribution in [2.45, 2.75) is 41.8 Å². The Morgan fingerprint density at radius 2 is 1.06 bits per heavy atom. The van der Waals surface area contributed by atoms with Crippen molar-refractivity contribution >= 4 is 47.4 Å². The van der Waals surface area contributed by atoms with Gasteiger partial charge in [0.05, 0.1) is 18.8 Å². The molecule has 4 aromatic carbocycles. The lowest BCUT2D eigenvalue weighted by molar-refractivity contribution is -0.157. The molecule has 11 nitrogen and oxygen atoms in total. The molecule has 3 unspecified atom stereocenters. The SMILES string of the molecule is C=C(CC(=O)O)C(=O)OC(COc1ccc(Oc2ccc(OCC(CSc3ccccc3)OC(=O)C(C)CC(=O)O)cc2)cc1)CSc1ccccc1. The Morgan fingerprint density at radius 1 is 0.623 bits per heavy atom. The van der Waals surface area contributed by atoms with Gasteiger partial charge in [0.2, 0.25) is 0 Å². The first-order valence-electron chi connectivity index (χ1n) is 16.6. The number of carbonyl (C=O) groups excluding carboxylic acids is 2. The Labute approximate surface area is 316 Å². The number of hydrogen-bond acceptors (Lipinski definition) is 11. The van der Waals surface area contributed by atoms with Crippen LogP contribution in [0.1, 0.15) is 19.8 Å². The number of aliphatic carboxylic acids is 2. The minimum Gasteiger partial charge on any atom is -0.490 e. The van der Waals surface area contributed by atoms with Crippen LogP contribution >= 0.6 is 23.5 Å². The fraction of sp³-hybridized carbons (Fsp3) is 0.250. The quantitative estimate of drug-likeness (QED) is 0.0455. The zero-order valence-corrected chi connectivity index (χ0v) is 30.6. The smallest absolute Gasteiger partial charge is 0.334 e. The lowest BCUT2D eigenvalue weighted by Crippen LogP contribution is -2.30. The number of benzene rings is 4. The number of carboxylic acid groups (broad SMARTS) is 2. The molecule has 0 amide bonds. The van der Waals surface area contributed by atoms with Gasteiger partial charge in [-0.05, 0) is 72.8 Å². The maximum absolute atomic E-state index is 12.6. The van der Waals surface area contributed by atoms with Gasteiger partial charge in [0.15, 0.2) is 0 Å². The number of esters is 2. The highest BCUT2D eigenvalue weighted by Gasteiger charge is 2.23. The predicted molar refractivity (Wildman–Crippen MR) is 201 cm³/mol. The second-order valence-electron chi connectivity index (χ2n) is 11.7. The molecule has 4 aromatic rings. The second kappa shape index (κ2) is 21.2. The molecule has 0 bridgehead atoms. The molecule has 0 radical (unpaired) electrons. The molecule has 13 heteroatoms. The summed E-state index contributed by atoms with van der Waals surface area (Å²) >= 11 is 2.98. The van der Waals surface area contributed by atoms with E-state index >= 15 is 0 Å². The van der Waals surface area contributed by atoms with Gasteiger partial charge in [0.1, 0.15) is 48.4 Å². The zero-order chi connectivity index (χ0) is 38.0. The van der Waals surface area contributed by atoms with E-state index in [1.54, 1.807) is 48.5 Å².